The van der Waals surface area contributed by atoms with Crippen LogP contribution < -0.4 is 0 Å². The van der Waals surface area contributed by atoms with E-state index in [1.165, 1.54) is 12.1 Å². The van der Waals surface area contributed by atoms with Crippen molar-refractivity contribution in [3.8, 4) is 0 Å². The molecule has 100 valence electrons. The van der Waals surface area contributed by atoms with Crippen LogP contribution in [0.3, 0.4) is 0 Å². The Hall–Kier alpha value is -1.78. The molecular weight excluding hydrogens is 321 g/mol. The molecule has 0 fully saturated rings. The first-order valence-corrected chi connectivity index (χ1v) is 6.93. The van der Waals surface area contributed by atoms with Gasteiger partial charge in [0.1, 0.15) is 11.9 Å². The third kappa shape index (κ3) is 2.32. The summed E-state index contributed by atoms with van der Waals surface area (Å²) in [4.78, 5) is 4.26. The van der Waals surface area contributed by atoms with Gasteiger partial charge in [0.15, 0.2) is 0 Å². The van der Waals surface area contributed by atoms with Gasteiger partial charge in [-0.05, 0) is 35.9 Å². The molecular formula is C16H11BrFNO. The number of rotatable bonds is 2. The lowest BCUT2D eigenvalue weighted by Crippen LogP contribution is -2.02. The fourth-order valence-electron chi connectivity index (χ4n) is 2.26. The molecule has 3 aromatic rings. The van der Waals surface area contributed by atoms with Crippen LogP contribution in [0.15, 0.2) is 59.2 Å². The molecule has 0 amide bonds. The van der Waals surface area contributed by atoms with Crippen molar-refractivity contribution >= 4 is 26.8 Å². The quantitative estimate of drug-likeness (QED) is 0.762. The summed E-state index contributed by atoms with van der Waals surface area (Å²) >= 11 is 3.35. The molecule has 4 heteroatoms. The van der Waals surface area contributed by atoms with Crippen LogP contribution in [0.1, 0.15) is 17.2 Å². The Bertz CT molecular complexity index is 770. The van der Waals surface area contributed by atoms with Crippen LogP contribution in [-0.2, 0) is 0 Å². The number of fused-ring (bicyclic) bond motifs is 1. The van der Waals surface area contributed by atoms with E-state index < -0.39 is 6.10 Å². The van der Waals surface area contributed by atoms with Gasteiger partial charge in [-0.2, -0.15) is 0 Å². The van der Waals surface area contributed by atoms with Gasteiger partial charge in [0.25, 0.3) is 0 Å². The molecule has 1 heterocycles. The molecule has 1 atom stereocenters. The minimum Gasteiger partial charge on any atom is -0.384 e. The number of aliphatic hydroxyl groups is 1. The number of hydrogen-bond donors (Lipinski definition) is 1. The highest BCUT2D eigenvalue weighted by molar-refractivity contribution is 9.10. The molecule has 0 spiro atoms. The number of hydrogen-bond acceptors (Lipinski definition) is 2. The molecule has 0 radical (unpaired) electrons. The zero-order valence-electron chi connectivity index (χ0n) is 10.4. The predicted octanol–water partition coefficient (Wildman–Crippen LogP) is 4.22. The molecule has 2 aromatic carbocycles. The van der Waals surface area contributed by atoms with Gasteiger partial charge in [-0.25, -0.2) is 4.39 Å². The molecule has 0 bridgehead atoms. The van der Waals surface area contributed by atoms with Crippen LogP contribution in [0.4, 0.5) is 4.39 Å². The maximum atomic E-state index is 13.4. The van der Waals surface area contributed by atoms with Gasteiger partial charge >= 0.3 is 0 Å². The number of halogens is 2. The molecule has 1 aromatic heterocycles. The Kier molecular flexibility index (Phi) is 3.51. The first-order chi connectivity index (χ1) is 9.66. The van der Waals surface area contributed by atoms with Gasteiger partial charge in [0.2, 0.25) is 0 Å². The van der Waals surface area contributed by atoms with E-state index in [-0.39, 0.29) is 5.82 Å². The first-order valence-electron chi connectivity index (χ1n) is 6.13. The molecule has 0 aliphatic carbocycles. The molecule has 0 saturated carbocycles. The Labute approximate surface area is 124 Å². The normalized spacial score (nSPS) is 12.6. The van der Waals surface area contributed by atoms with Crippen molar-refractivity contribution in [1.29, 1.82) is 0 Å². The van der Waals surface area contributed by atoms with Crippen LogP contribution in [0, 0.1) is 5.82 Å². The summed E-state index contributed by atoms with van der Waals surface area (Å²) < 4.78 is 14.1. The van der Waals surface area contributed by atoms with Crippen LogP contribution >= 0.6 is 15.9 Å². The number of nitrogens with zero attached hydrogens (tertiary/aromatic N) is 1. The summed E-state index contributed by atoms with van der Waals surface area (Å²) in [6, 6.07) is 13.5. The first kappa shape index (κ1) is 13.2. The lowest BCUT2D eigenvalue weighted by atomic mass is 9.97. The SMILES string of the molecule is OC(c1cc(F)ccc1Br)c1cccc2ncccc12. The van der Waals surface area contributed by atoms with Crippen LogP contribution in [-0.4, -0.2) is 10.1 Å². The van der Waals surface area contributed by atoms with Gasteiger partial charge in [-0.3, -0.25) is 4.98 Å². The number of aromatic nitrogens is 1. The second kappa shape index (κ2) is 5.31. The average Bonchev–Trinajstić information content (AvgIpc) is 2.48. The van der Waals surface area contributed by atoms with Crippen molar-refractivity contribution in [1.82, 2.24) is 4.98 Å². The van der Waals surface area contributed by atoms with E-state index in [0.29, 0.717) is 15.6 Å². The minimum absolute atomic E-state index is 0.374. The predicted molar refractivity (Wildman–Crippen MR) is 79.9 cm³/mol. The van der Waals surface area contributed by atoms with Crippen molar-refractivity contribution in [2.24, 2.45) is 0 Å². The third-order valence-corrected chi connectivity index (χ3v) is 3.95. The fourth-order valence-corrected chi connectivity index (χ4v) is 2.72. The zero-order valence-corrected chi connectivity index (χ0v) is 12.0. The van der Waals surface area contributed by atoms with E-state index in [9.17, 15) is 9.50 Å². The fraction of sp³-hybridized carbons (Fsp3) is 0.0625. The average molecular weight is 332 g/mol. The van der Waals surface area contributed by atoms with Crippen molar-refractivity contribution in [2.75, 3.05) is 0 Å². The van der Waals surface area contributed by atoms with Crippen molar-refractivity contribution in [3.63, 3.8) is 0 Å². The molecule has 0 aliphatic heterocycles. The molecule has 0 aliphatic rings. The summed E-state index contributed by atoms with van der Waals surface area (Å²) in [6.07, 6.45) is 0.796. The smallest absolute Gasteiger partial charge is 0.123 e. The van der Waals surface area contributed by atoms with Crippen molar-refractivity contribution in [2.45, 2.75) is 6.10 Å². The molecule has 2 nitrogen and oxygen atoms in total. The Morgan fingerprint density at radius 1 is 1.05 bits per heavy atom. The monoisotopic (exact) mass is 331 g/mol. The highest BCUT2D eigenvalue weighted by Gasteiger charge is 2.17. The standard InChI is InChI=1S/C16H11BrFNO/c17-14-7-6-10(18)9-13(14)16(20)12-3-1-5-15-11(12)4-2-8-19-15/h1-9,16,20H. The lowest BCUT2D eigenvalue weighted by Gasteiger charge is -2.15. The second-order valence-electron chi connectivity index (χ2n) is 4.49. The number of benzene rings is 2. The topological polar surface area (TPSA) is 33.1 Å². The summed E-state index contributed by atoms with van der Waals surface area (Å²) in [7, 11) is 0. The van der Waals surface area contributed by atoms with E-state index in [1.54, 1.807) is 12.3 Å². The van der Waals surface area contributed by atoms with E-state index >= 15 is 0 Å². The Morgan fingerprint density at radius 2 is 1.90 bits per heavy atom. The highest BCUT2D eigenvalue weighted by atomic mass is 79.9. The maximum Gasteiger partial charge on any atom is 0.123 e. The highest BCUT2D eigenvalue weighted by Crippen LogP contribution is 2.32. The van der Waals surface area contributed by atoms with Crippen LogP contribution in [0.2, 0.25) is 0 Å². The molecule has 20 heavy (non-hydrogen) atoms. The summed E-state index contributed by atoms with van der Waals surface area (Å²) in [5.74, 6) is -0.374. The van der Waals surface area contributed by atoms with E-state index in [4.69, 9.17) is 0 Å². The molecule has 3 rings (SSSR count). The molecule has 0 saturated heterocycles. The van der Waals surface area contributed by atoms with E-state index in [1.807, 2.05) is 30.3 Å². The zero-order chi connectivity index (χ0) is 14.1. The maximum absolute atomic E-state index is 13.4. The van der Waals surface area contributed by atoms with Gasteiger partial charge in [-0.1, -0.05) is 34.1 Å². The summed E-state index contributed by atoms with van der Waals surface area (Å²) in [6.45, 7) is 0. The van der Waals surface area contributed by atoms with Crippen molar-refractivity contribution < 1.29 is 9.50 Å². The molecule has 1 N–H and O–H groups in total. The largest absolute Gasteiger partial charge is 0.384 e. The van der Waals surface area contributed by atoms with Crippen LogP contribution in [0.25, 0.3) is 10.9 Å². The summed E-state index contributed by atoms with van der Waals surface area (Å²) in [5.41, 5.74) is 2.01. The van der Waals surface area contributed by atoms with Gasteiger partial charge in [0, 0.05) is 21.6 Å². The summed E-state index contributed by atoms with van der Waals surface area (Å²) in [5, 5.41) is 11.4. The van der Waals surface area contributed by atoms with Gasteiger partial charge in [-0.15, -0.1) is 0 Å². The third-order valence-electron chi connectivity index (χ3n) is 3.23. The van der Waals surface area contributed by atoms with E-state index in [2.05, 4.69) is 20.9 Å². The van der Waals surface area contributed by atoms with Crippen LogP contribution in [0.5, 0.6) is 0 Å². The molecule has 1 unspecified atom stereocenters. The minimum atomic E-state index is -0.909. The lowest BCUT2D eigenvalue weighted by molar-refractivity contribution is 0.220. The number of pyridine rings is 1. The van der Waals surface area contributed by atoms with Gasteiger partial charge in [0.05, 0.1) is 5.52 Å². The Balaban J connectivity index is 2.17. The van der Waals surface area contributed by atoms with Crippen molar-refractivity contribution in [3.05, 3.63) is 76.1 Å². The second-order valence-corrected chi connectivity index (χ2v) is 5.34. The van der Waals surface area contributed by atoms with E-state index in [0.717, 1.165) is 10.9 Å². The van der Waals surface area contributed by atoms with Gasteiger partial charge < -0.3 is 5.11 Å². The number of aliphatic hydroxyl groups excluding tert-OH is 1. The Morgan fingerprint density at radius 3 is 2.75 bits per heavy atom.